The van der Waals surface area contributed by atoms with Crippen LogP contribution in [0.2, 0.25) is 0 Å². The highest BCUT2D eigenvalue weighted by atomic mass is 16.6. The zero-order valence-electron chi connectivity index (χ0n) is 42.7. The van der Waals surface area contributed by atoms with Gasteiger partial charge < -0.3 is 44.1 Å². The van der Waals surface area contributed by atoms with E-state index in [1.807, 2.05) is 38.2 Å². The van der Waals surface area contributed by atoms with Crippen LogP contribution >= 0.6 is 0 Å². The minimum atomic E-state index is -2.40. The maximum atomic E-state index is 14.5. The topological polar surface area (TPSA) is 170 Å². The van der Waals surface area contributed by atoms with Crippen molar-refractivity contribution in [3.63, 3.8) is 0 Å². The number of fused-ring (bicyclic) bond motifs is 3. The molecule has 0 aromatic rings. The summed E-state index contributed by atoms with van der Waals surface area (Å²) >= 11 is 0. The van der Waals surface area contributed by atoms with E-state index < -0.39 is 65.7 Å². The van der Waals surface area contributed by atoms with E-state index in [1.165, 1.54) is 4.90 Å². The largest absolute Gasteiger partial charge is 0.460 e. The number of hydrogen-bond acceptors (Lipinski definition) is 12. The van der Waals surface area contributed by atoms with Crippen molar-refractivity contribution in [1.82, 2.24) is 10.2 Å². The molecule has 4 aliphatic rings. The number of likely N-dealkylation sites (N-methyl/N-ethyl adjacent to an activating group) is 1. The molecule has 1 amide bonds. The Balaban J connectivity index is 1.70. The van der Waals surface area contributed by atoms with Gasteiger partial charge in [-0.3, -0.25) is 14.4 Å². The molecule has 3 N–H and O–H groups in total. The average molecular weight is 939 g/mol. The number of piperidine rings is 1. The maximum absolute atomic E-state index is 14.5. The van der Waals surface area contributed by atoms with Crippen molar-refractivity contribution in [3.05, 3.63) is 59.8 Å². The fraction of sp³-hybridized carbons (Fsp3) is 0.741. The van der Waals surface area contributed by atoms with Crippen LogP contribution in [0.25, 0.3) is 0 Å². The second kappa shape index (κ2) is 26.6. The van der Waals surface area contributed by atoms with Gasteiger partial charge in [-0.1, -0.05) is 84.6 Å². The molecule has 4 rings (SSSR count). The van der Waals surface area contributed by atoms with Crippen LogP contribution in [-0.2, 0) is 42.9 Å². The van der Waals surface area contributed by atoms with E-state index in [0.29, 0.717) is 44.1 Å². The third kappa shape index (κ3) is 15.1. The van der Waals surface area contributed by atoms with E-state index in [-0.39, 0.29) is 67.1 Å². The highest BCUT2D eigenvalue weighted by molar-refractivity contribution is 6.39. The van der Waals surface area contributed by atoms with Crippen molar-refractivity contribution in [2.45, 2.75) is 187 Å². The number of methoxy groups -OCH3 is 3. The molecule has 67 heavy (non-hydrogen) atoms. The summed E-state index contributed by atoms with van der Waals surface area (Å²) < 4.78 is 30.2. The summed E-state index contributed by atoms with van der Waals surface area (Å²) in [5.74, 6) is -6.46. The Hall–Kier alpha value is -3.30. The van der Waals surface area contributed by atoms with Crippen molar-refractivity contribution in [3.8, 4) is 0 Å². The van der Waals surface area contributed by atoms with Crippen LogP contribution in [0, 0.1) is 35.5 Å². The summed E-state index contributed by atoms with van der Waals surface area (Å²) in [6.45, 7) is 20.8. The molecular formula is C54H86N2O11. The van der Waals surface area contributed by atoms with Gasteiger partial charge >= 0.3 is 5.97 Å². The Labute approximate surface area is 402 Å². The number of rotatable bonds is 8. The van der Waals surface area contributed by atoms with Crippen molar-refractivity contribution in [1.29, 1.82) is 0 Å². The van der Waals surface area contributed by atoms with Crippen LogP contribution < -0.4 is 5.32 Å². The molecule has 1 saturated carbocycles. The van der Waals surface area contributed by atoms with E-state index in [1.54, 1.807) is 48.2 Å². The lowest BCUT2D eigenvalue weighted by Crippen LogP contribution is -2.61. The number of amides is 1. The summed E-state index contributed by atoms with van der Waals surface area (Å²) in [5, 5.41) is 27.2. The minimum absolute atomic E-state index is 0.0121. The molecule has 2 saturated heterocycles. The summed E-state index contributed by atoms with van der Waals surface area (Å²) in [7, 11) is 4.89. The SMILES string of the molecule is C=C1[C@H](C)C[C@H](C)/C=C/C=C/C=C(\C)[C@@H](OC)CC2CC[C@@H](C)[C@@](O)(O2)C(=O)C(=O)N2CCCCC2C(=O)O[C@H]([C@H](C)C[C@@H]2CCC(NCC)[C@H](OC)C2)CC(=O)[C@H](C)/C=C(\C)[C@@H](O)[C@H]1OC. The van der Waals surface area contributed by atoms with E-state index in [9.17, 15) is 29.4 Å². The van der Waals surface area contributed by atoms with Gasteiger partial charge in [-0.15, -0.1) is 0 Å². The van der Waals surface area contributed by atoms with E-state index in [2.05, 4.69) is 38.7 Å². The molecular weight excluding hydrogens is 853 g/mol. The van der Waals surface area contributed by atoms with Crippen molar-refractivity contribution >= 4 is 23.4 Å². The van der Waals surface area contributed by atoms with E-state index >= 15 is 0 Å². The molecule has 378 valence electrons. The first-order valence-corrected chi connectivity index (χ1v) is 25.2. The molecule has 13 nitrogen and oxygen atoms in total. The van der Waals surface area contributed by atoms with E-state index in [0.717, 1.165) is 43.4 Å². The van der Waals surface area contributed by atoms with Gasteiger partial charge in [-0.25, -0.2) is 4.79 Å². The van der Waals surface area contributed by atoms with Crippen molar-refractivity contribution in [2.24, 2.45) is 35.5 Å². The molecule has 1 aliphatic carbocycles. The van der Waals surface area contributed by atoms with E-state index in [4.69, 9.17) is 23.7 Å². The fourth-order valence-electron chi connectivity index (χ4n) is 10.8. The number of carbonyl (C=O) groups excluding carboxylic acids is 4. The van der Waals surface area contributed by atoms with Gasteiger partial charge in [-0.2, -0.15) is 0 Å². The number of cyclic esters (lactones) is 1. The summed E-state index contributed by atoms with van der Waals surface area (Å²) in [4.78, 5) is 58.5. The Kier molecular flexibility index (Phi) is 22.4. The number of carbonyl (C=O) groups is 4. The van der Waals surface area contributed by atoms with Gasteiger partial charge in [0.1, 0.15) is 30.1 Å². The van der Waals surface area contributed by atoms with Crippen LogP contribution in [0.15, 0.2) is 59.8 Å². The maximum Gasteiger partial charge on any atom is 0.329 e. The van der Waals surface area contributed by atoms with Gasteiger partial charge in [0, 0.05) is 58.6 Å². The normalized spacial score (nSPS) is 39.6. The van der Waals surface area contributed by atoms with Crippen LogP contribution in [0.4, 0.5) is 0 Å². The first-order chi connectivity index (χ1) is 31.8. The number of nitrogens with zero attached hydrogens (tertiary/aromatic N) is 1. The molecule has 3 unspecified atom stereocenters. The molecule has 0 radical (unpaired) electrons. The van der Waals surface area contributed by atoms with Crippen LogP contribution in [0.5, 0.6) is 0 Å². The fourth-order valence-corrected chi connectivity index (χ4v) is 10.8. The molecule has 3 fully saturated rings. The van der Waals surface area contributed by atoms with Crippen LogP contribution in [-0.4, -0.2) is 127 Å². The predicted octanol–water partition coefficient (Wildman–Crippen LogP) is 7.78. The highest BCUT2D eigenvalue weighted by Gasteiger charge is 2.53. The number of nitrogens with one attached hydrogen (secondary N) is 1. The molecule has 2 bridgehead atoms. The summed E-state index contributed by atoms with van der Waals surface area (Å²) in [6.07, 6.45) is 15.0. The lowest BCUT2D eigenvalue weighted by atomic mass is 9.77. The monoisotopic (exact) mass is 939 g/mol. The molecule has 0 aromatic heterocycles. The third-order valence-corrected chi connectivity index (χ3v) is 15.2. The lowest BCUT2D eigenvalue weighted by molar-refractivity contribution is -0.265. The van der Waals surface area contributed by atoms with Crippen LogP contribution in [0.1, 0.15) is 132 Å². The number of Topliss-reactive ketones (excluding diaryl/α,β-unsaturated/α-hetero) is 2. The number of esters is 1. The number of ketones is 2. The molecule has 13 heteroatoms. The number of aliphatic hydroxyl groups is 2. The van der Waals surface area contributed by atoms with Gasteiger partial charge in [0.05, 0.1) is 18.3 Å². The first-order valence-electron chi connectivity index (χ1n) is 25.2. The number of ether oxygens (including phenoxy) is 5. The third-order valence-electron chi connectivity index (χ3n) is 15.2. The first kappa shape index (κ1) is 56.3. The van der Waals surface area contributed by atoms with Gasteiger partial charge in [0.25, 0.3) is 11.7 Å². The highest BCUT2D eigenvalue weighted by Crippen LogP contribution is 2.38. The second-order valence-electron chi connectivity index (χ2n) is 20.4. The number of allylic oxidation sites excluding steroid dienone is 6. The molecule has 3 aliphatic heterocycles. The van der Waals surface area contributed by atoms with Gasteiger partial charge in [-0.05, 0) is 125 Å². The zero-order valence-corrected chi connectivity index (χ0v) is 42.7. The second-order valence-corrected chi connectivity index (χ2v) is 20.4. The molecule has 0 spiro atoms. The van der Waals surface area contributed by atoms with Crippen molar-refractivity contribution < 1.29 is 53.1 Å². The Morgan fingerprint density at radius 1 is 0.910 bits per heavy atom. The summed E-state index contributed by atoms with van der Waals surface area (Å²) in [6, 6.07) is -0.846. The van der Waals surface area contributed by atoms with Gasteiger partial charge in [0.15, 0.2) is 0 Å². The number of aliphatic hydroxyl groups excluding tert-OH is 1. The lowest BCUT2D eigenvalue weighted by Gasteiger charge is -2.42. The minimum Gasteiger partial charge on any atom is -0.460 e. The Bertz CT molecular complexity index is 1790. The standard InChI is InChI=1S/C54H86N2O11/c1-13-55-43-25-23-41(30-48(43)64-11)29-37(6)47-32-45(57)36(5)28-38(7)49(58)50(65-12)40(9)35(4)27-33(2)19-15-14-16-20-34(3)46(63-10)31-42-24-22-39(8)54(62,67-42)51(59)52(60)56-26-18-17-21-44(56)53(61)66-47/h14-16,19-20,28,33,35-37,39,41-44,46-50,55,58,62H,9,13,17-18,21-27,29-32H2,1-8,10-12H3/b16-14+,19-15+,34-20+,38-28+/t33-,35-,36-,37-,39-,41+,42?,43?,44?,46+,47+,48-,49-,50+,54-/m1/s1. The number of hydrogen-bond donors (Lipinski definition) is 3. The molecule has 0 aromatic carbocycles. The molecule has 15 atom stereocenters. The Morgan fingerprint density at radius 2 is 1.64 bits per heavy atom. The average Bonchev–Trinajstić information content (AvgIpc) is 3.30. The Morgan fingerprint density at radius 3 is 2.31 bits per heavy atom. The molecule has 3 heterocycles. The quantitative estimate of drug-likeness (QED) is 0.123. The smallest absolute Gasteiger partial charge is 0.329 e. The van der Waals surface area contributed by atoms with Crippen LogP contribution in [0.3, 0.4) is 0 Å². The zero-order chi connectivity index (χ0) is 49.6. The predicted molar refractivity (Wildman–Crippen MR) is 261 cm³/mol. The summed E-state index contributed by atoms with van der Waals surface area (Å²) in [5.41, 5.74) is 2.25. The van der Waals surface area contributed by atoms with Crippen molar-refractivity contribution in [2.75, 3.05) is 34.4 Å². The van der Waals surface area contributed by atoms with Gasteiger partial charge in [0.2, 0.25) is 5.79 Å².